The van der Waals surface area contributed by atoms with Gasteiger partial charge >= 0.3 is 0 Å². The summed E-state index contributed by atoms with van der Waals surface area (Å²) in [7, 11) is 2.04. The van der Waals surface area contributed by atoms with Gasteiger partial charge in [-0.15, -0.1) is 0 Å². The van der Waals surface area contributed by atoms with Gasteiger partial charge in [0.15, 0.2) is 0 Å². The molecule has 1 fully saturated rings. The lowest BCUT2D eigenvalue weighted by Gasteiger charge is -2.18. The maximum Gasteiger partial charge on any atom is 0.0738 e. The van der Waals surface area contributed by atoms with Crippen molar-refractivity contribution in [3.63, 3.8) is 0 Å². The Balaban J connectivity index is 2.05. The van der Waals surface area contributed by atoms with Crippen molar-refractivity contribution < 1.29 is 0 Å². The van der Waals surface area contributed by atoms with Crippen LogP contribution in [0, 0.1) is 12.3 Å². The number of nitrogens with one attached hydrogen (secondary N) is 1. The van der Waals surface area contributed by atoms with E-state index in [0.717, 1.165) is 18.7 Å². The third-order valence-electron chi connectivity index (χ3n) is 3.65. The van der Waals surface area contributed by atoms with Gasteiger partial charge < -0.3 is 5.32 Å². The number of rotatable bonds is 5. The molecule has 2 rings (SSSR count). The molecule has 0 saturated heterocycles. The second kappa shape index (κ2) is 4.73. The molecule has 1 aliphatic rings. The molecule has 0 spiro atoms. The van der Waals surface area contributed by atoms with Crippen LogP contribution in [0.4, 0.5) is 0 Å². The van der Waals surface area contributed by atoms with Crippen molar-refractivity contribution in [2.24, 2.45) is 12.5 Å². The predicted molar refractivity (Wildman–Crippen MR) is 74.2 cm³/mol. The Morgan fingerprint density at radius 3 is 2.53 bits per heavy atom. The van der Waals surface area contributed by atoms with Gasteiger partial charge in [0.05, 0.1) is 15.9 Å². The standard InChI is InChI=1S/C13H22BrN3/c1-9(2)15-8-13(5-6-13)7-11-12(14)10(3)16-17(11)4/h9,15H,5-8H2,1-4H3. The zero-order valence-electron chi connectivity index (χ0n) is 11.2. The largest absolute Gasteiger partial charge is 0.314 e. The van der Waals surface area contributed by atoms with E-state index in [4.69, 9.17) is 0 Å². The number of hydrogen-bond acceptors (Lipinski definition) is 2. The first-order valence-electron chi connectivity index (χ1n) is 6.35. The summed E-state index contributed by atoms with van der Waals surface area (Å²) < 4.78 is 3.21. The first-order chi connectivity index (χ1) is 7.93. The molecule has 1 heterocycles. The van der Waals surface area contributed by atoms with E-state index in [1.807, 2.05) is 11.7 Å². The van der Waals surface area contributed by atoms with Gasteiger partial charge in [-0.25, -0.2) is 0 Å². The molecule has 4 heteroatoms. The lowest BCUT2D eigenvalue weighted by atomic mass is 9.99. The fourth-order valence-electron chi connectivity index (χ4n) is 2.24. The van der Waals surface area contributed by atoms with E-state index in [2.05, 4.69) is 47.1 Å². The van der Waals surface area contributed by atoms with E-state index < -0.39 is 0 Å². The topological polar surface area (TPSA) is 29.9 Å². The Bertz CT molecular complexity index is 405. The number of nitrogens with zero attached hydrogens (tertiary/aromatic N) is 2. The summed E-state index contributed by atoms with van der Waals surface area (Å²) >= 11 is 3.66. The molecule has 0 radical (unpaired) electrons. The highest BCUT2D eigenvalue weighted by molar-refractivity contribution is 9.10. The van der Waals surface area contributed by atoms with Crippen LogP contribution in [0.1, 0.15) is 38.1 Å². The second-order valence-corrected chi connectivity index (χ2v) is 6.48. The minimum Gasteiger partial charge on any atom is -0.314 e. The lowest BCUT2D eigenvalue weighted by Crippen LogP contribution is -2.31. The Kier molecular flexibility index (Phi) is 3.64. The molecule has 0 aromatic carbocycles. The first kappa shape index (κ1) is 13.1. The van der Waals surface area contributed by atoms with E-state index in [9.17, 15) is 0 Å². The normalized spacial score (nSPS) is 17.8. The summed E-state index contributed by atoms with van der Waals surface area (Å²) in [5.74, 6) is 0. The molecule has 0 aliphatic heterocycles. The quantitative estimate of drug-likeness (QED) is 0.906. The van der Waals surface area contributed by atoms with Crippen molar-refractivity contribution in [1.82, 2.24) is 15.1 Å². The van der Waals surface area contributed by atoms with Crippen molar-refractivity contribution in [2.75, 3.05) is 6.54 Å². The molecule has 0 atom stereocenters. The molecular formula is C13H22BrN3. The van der Waals surface area contributed by atoms with Crippen LogP contribution in [-0.2, 0) is 13.5 Å². The Morgan fingerprint density at radius 1 is 1.47 bits per heavy atom. The van der Waals surface area contributed by atoms with E-state index in [-0.39, 0.29) is 0 Å². The number of halogens is 1. The Labute approximate surface area is 112 Å². The van der Waals surface area contributed by atoms with Crippen LogP contribution in [0.2, 0.25) is 0 Å². The molecule has 0 bridgehead atoms. The highest BCUT2D eigenvalue weighted by atomic mass is 79.9. The molecule has 0 unspecified atom stereocenters. The van der Waals surface area contributed by atoms with E-state index in [1.165, 1.54) is 23.0 Å². The van der Waals surface area contributed by atoms with Crippen molar-refractivity contribution in [1.29, 1.82) is 0 Å². The minimum absolute atomic E-state index is 0.479. The Morgan fingerprint density at radius 2 is 2.12 bits per heavy atom. The fraction of sp³-hybridized carbons (Fsp3) is 0.769. The van der Waals surface area contributed by atoms with Gasteiger partial charge in [0, 0.05) is 19.6 Å². The monoisotopic (exact) mass is 299 g/mol. The van der Waals surface area contributed by atoms with Crippen molar-refractivity contribution in [3.05, 3.63) is 15.9 Å². The van der Waals surface area contributed by atoms with Crippen LogP contribution < -0.4 is 5.32 Å². The fourth-order valence-corrected chi connectivity index (χ4v) is 2.72. The highest BCUT2D eigenvalue weighted by Crippen LogP contribution is 2.48. The number of aromatic nitrogens is 2. The van der Waals surface area contributed by atoms with Crippen LogP contribution >= 0.6 is 15.9 Å². The molecule has 1 saturated carbocycles. The molecule has 1 aliphatic carbocycles. The zero-order chi connectivity index (χ0) is 12.6. The van der Waals surface area contributed by atoms with Crippen molar-refractivity contribution >= 4 is 15.9 Å². The smallest absolute Gasteiger partial charge is 0.0738 e. The summed E-state index contributed by atoms with van der Waals surface area (Å²) in [5, 5.41) is 8.04. The van der Waals surface area contributed by atoms with Gasteiger partial charge in [0.1, 0.15) is 0 Å². The van der Waals surface area contributed by atoms with Gasteiger partial charge in [-0.3, -0.25) is 4.68 Å². The number of hydrogen-bond donors (Lipinski definition) is 1. The van der Waals surface area contributed by atoms with E-state index >= 15 is 0 Å². The SMILES string of the molecule is Cc1nn(C)c(CC2(CNC(C)C)CC2)c1Br. The maximum atomic E-state index is 4.47. The molecule has 96 valence electrons. The average molecular weight is 300 g/mol. The third-order valence-corrected chi connectivity index (χ3v) is 4.68. The Hall–Kier alpha value is -0.350. The van der Waals surface area contributed by atoms with Crippen molar-refractivity contribution in [2.45, 2.75) is 46.1 Å². The highest BCUT2D eigenvalue weighted by Gasteiger charge is 2.43. The van der Waals surface area contributed by atoms with E-state index in [0.29, 0.717) is 11.5 Å². The predicted octanol–water partition coefficient (Wildman–Crippen LogP) is 2.81. The molecule has 3 nitrogen and oxygen atoms in total. The molecule has 1 aromatic rings. The van der Waals surface area contributed by atoms with Crippen LogP contribution in [-0.4, -0.2) is 22.4 Å². The van der Waals surface area contributed by atoms with Gasteiger partial charge in [-0.05, 0) is 47.5 Å². The van der Waals surface area contributed by atoms with Crippen LogP contribution in [0.25, 0.3) is 0 Å². The van der Waals surface area contributed by atoms with Gasteiger partial charge in [0.2, 0.25) is 0 Å². The second-order valence-electron chi connectivity index (χ2n) is 5.68. The molecule has 0 amide bonds. The van der Waals surface area contributed by atoms with Gasteiger partial charge in [-0.1, -0.05) is 13.8 Å². The summed E-state index contributed by atoms with van der Waals surface area (Å²) in [6, 6.07) is 0.573. The summed E-state index contributed by atoms with van der Waals surface area (Å²) in [4.78, 5) is 0. The molecule has 1 N–H and O–H groups in total. The lowest BCUT2D eigenvalue weighted by molar-refractivity contribution is 0.419. The van der Waals surface area contributed by atoms with Crippen LogP contribution in [0.15, 0.2) is 4.47 Å². The van der Waals surface area contributed by atoms with Gasteiger partial charge in [-0.2, -0.15) is 5.10 Å². The van der Waals surface area contributed by atoms with Crippen LogP contribution in [0.5, 0.6) is 0 Å². The summed E-state index contributed by atoms with van der Waals surface area (Å²) in [6.07, 6.45) is 3.80. The summed E-state index contributed by atoms with van der Waals surface area (Å²) in [5.41, 5.74) is 2.91. The minimum atomic E-state index is 0.479. The summed E-state index contributed by atoms with van der Waals surface area (Å²) in [6.45, 7) is 7.60. The molecular weight excluding hydrogens is 278 g/mol. The number of aryl methyl sites for hydroxylation is 2. The average Bonchev–Trinajstić information content (AvgIpc) is 2.98. The molecule has 1 aromatic heterocycles. The van der Waals surface area contributed by atoms with Crippen molar-refractivity contribution in [3.8, 4) is 0 Å². The third kappa shape index (κ3) is 2.91. The zero-order valence-corrected chi connectivity index (χ0v) is 12.8. The van der Waals surface area contributed by atoms with Crippen LogP contribution in [0.3, 0.4) is 0 Å². The molecule has 17 heavy (non-hydrogen) atoms. The van der Waals surface area contributed by atoms with Gasteiger partial charge in [0.25, 0.3) is 0 Å². The first-order valence-corrected chi connectivity index (χ1v) is 7.14. The van der Waals surface area contributed by atoms with E-state index in [1.54, 1.807) is 0 Å². The maximum absolute atomic E-state index is 4.47.